The van der Waals surface area contributed by atoms with E-state index in [0.717, 1.165) is 5.69 Å². The van der Waals surface area contributed by atoms with Crippen LogP contribution in [0.5, 0.6) is 0 Å². The Morgan fingerprint density at radius 3 is 2.74 bits per heavy atom. The number of carboxylic acids is 1. The number of nitrogens with zero attached hydrogens (tertiary/aromatic N) is 1. The first-order valence-electron chi connectivity index (χ1n) is 5.89. The van der Waals surface area contributed by atoms with Crippen molar-refractivity contribution < 1.29 is 9.90 Å². The highest BCUT2D eigenvalue weighted by Crippen LogP contribution is 2.29. The van der Waals surface area contributed by atoms with Crippen LogP contribution in [-0.4, -0.2) is 18.1 Å². The largest absolute Gasteiger partial charge is 0.478 e. The highest BCUT2D eigenvalue weighted by Gasteiger charge is 2.16. The second-order valence-electron chi connectivity index (χ2n) is 4.38. The second-order valence-corrected chi connectivity index (χ2v) is 5.36. The maximum Gasteiger partial charge on any atom is 0.337 e. The molecule has 0 bridgehead atoms. The molecule has 0 spiro atoms. The Bertz CT molecular complexity index is 581. The number of thiophene rings is 1. The molecular formula is C14H16N2O2S. The quantitative estimate of drug-likeness (QED) is 0.841. The van der Waals surface area contributed by atoms with Gasteiger partial charge in [0.2, 0.25) is 0 Å². The molecule has 19 heavy (non-hydrogen) atoms. The summed E-state index contributed by atoms with van der Waals surface area (Å²) in [5, 5.41) is 11.1. The van der Waals surface area contributed by atoms with Gasteiger partial charge in [-0.15, -0.1) is 11.3 Å². The minimum atomic E-state index is -1.00. The summed E-state index contributed by atoms with van der Waals surface area (Å²) in [6.07, 6.45) is 0. The van der Waals surface area contributed by atoms with Crippen LogP contribution in [-0.2, 0) is 0 Å². The summed E-state index contributed by atoms with van der Waals surface area (Å²) in [5.74, 6) is -1.00. The van der Waals surface area contributed by atoms with E-state index in [1.807, 2.05) is 29.5 Å². The van der Waals surface area contributed by atoms with Crippen LogP contribution in [0.4, 0.5) is 11.4 Å². The smallest absolute Gasteiger partial charge is 0.337 e. The maximum absolute atomic E-state index is 11.1. The summed E-state index contributed by atoms with van der Waals surface area (Å²) in [6, 6.07) is 9.35. The average molecular weight is 276 g/mol. The Hall–Kier alpha value is -2.01. The van der Waals surface area contributed by atoms with Crippen molar-refractivity contribution in [2.45, 2.75) is 13.0 Å². The number of hydrogen-bond donors (Lipinski definition) is 2. The number of benzene rings is 1. The van der Waals surface area contributed by atoms with Crippen LogP contribution in [0.3, 0.4) is 0 Å². The molecule has 2 aromatic rings. The minimum absolute atomic E-state index is 0.141. The lowest BCUT2D eigenvalue weighted by molar-refractivity contribution is 0.0698. The van der Waals surface area contributed by atoms with Crippen molar-refractivity contribution in [3.63, 3.8) is 0 Å². The second kappa shape index (κ2) is 5.32. The molecule has 1 unspecified atom stereocenters. The molecule has 0 fully saturated rings. The van der Waals surface area contributed by atoms with E-state index in [2.05, 4.69) is 13.0 Å². The molecule has 0 radical (unpaired) electrons. The van der Waals surface area contributed by atoms with E-state index in [4.69, 9.17) is 10.8 Å². The fourth-order valence-corrected chi connectivity index (χ4v) is 2.72. The zero-order valence-electron chi connectivity index (χ0n) is 10.8. The van der Waals surface area contributed by atoms with E-state index in [0.29, 0.717) is 0 Å². The molecule has 4 nitrogen and oxygen atoms in total. The molecule has 5 heteroatoms. The van der Waals surface area contributed by atoms with Crippen molar-refractivity contribution in [1.82, 2.24) is 0 Å². The van der Waals surface area contributed by atoms with E-state index in [1.54, 1.807) is 23.5 Å². The zero-order valence-corrected chi connectivity index (χ0v) is 11.6. The monoisotopic (exact) mass is 276 g/mol. The van der Waals surface area contributed by atoms with Gasteiger partial charge in [-0.05, 0) is 36.6 Å². The molecule has 0 aliphatic heterocycles. The van der Waals surface area contributed by atoms with Crippen molar-refractivity contribution in [1.29, 1.82) is 0 Å². The molecule has 0 saturated carbocycles. The highest BCUT2D eigenvalue weighted by atomic mass is 32.1. The molecule has 1 heterocycles. The molecule has 1 atom stereocenters. The van der Waals surface area contributed by atoms with E-state index >= 15 is 0 Å². The average Bonchev–Trinajstić information content (AvgIpc) is 2.91. The van der Waals surface area contributed by atoms with Crippen LogP contribution in [0.2, 0.25) is 0 Å². The van der Waals surface area contributed by atoms with Crippen molar-refractivity contribution in [2.75, 3.05) is 17.7 Å². The van der Waals surface area contributed by atoms with Crippen molar-refractivity contribution in [2.24, 2.45) is 0 Å². The fourth-order valence-electron chi connectivity index (χ4n) is 1.89. The Kier molecular flexibility index (Phi) is 3.76. The van der Waals surface area contributed by atoms with Gasteiger partial charge < -0.3 is 15.7 Å². The zero-order chi connectivity index (χ0) is 14.0. The van der Waals surface area contributed by atoms with Crippen LogP contribution in [0.25, 0.3) is 0 Å². The van der Waals surface area contributed by atoms with Gasteiger partial charge in [0.25, 0.3) is 0 Å². The number of carbonyl (C=O) groups is 1. The van der Waals surface area contributed by atoms with Crippen molar-refractivity contribution >= 4 is 28.7 Å². The van der Waals surface area contributed by atoms with Crippen LogP contribution < -0.4 is 10.6 Å². The standard InChI is InChI=1S/C14H16N2O2S/c1-9(13-4-3-7-19-13)16(2)10-5-6-12(15)11(8-10)14(17)18/h3-9H,15H2,1-2H3,(H,17,18). The highest BCUT2D eigenvalue weighted by molar-refractivity contribution is 7.10. The van der Waals surface area contributed by atoms with Gasteiger partial charge in [-0.3, -0.25) is 0 Å². The predicted octanol–water partition coefficient (Wildman–Crippen LogP) is 3.23. The van der Waals surface area contributed by atoms with Crippen molar-refractivity contribution in [3.8, 4) is 0 Å². The third-order valence-electron chi connectivity index (χ3n) is 3.21. The number of rotatable bonds is 4. The molecule has 0 aliphatic carbocycles. The summed E-state index contributed by atoms with van der Waals surface area (Å²) in [7, 11) is 1.95. The van der Waals surface area contributed by atoms with Crippen molar-refractivity contribution in [3.05, 3.63) is 46.2 Å². The van der Waals surface area contributed by atoms with Crippen LogP contribution in [0.1, 0.15) is 28.2 Å². The van der Waals surface area contributed by atoms with E-state index in [-0.39, 0.29) is 17.3 Å². The molecule has 1 aromatic heterocycles. The van der Waals surface area contributed by atoms with Gasteiger partial charge in [-0.2, -0.15) is 0 Å². The molecule has 1 aromatic carbocycles. The van der Waals surface area contributed by atoms with Crippen LogP contribution in [0, 0.1) is 0 Å². The number of anilines is 2. The van der Waals surface area contributed by atoms with Gasteiger partial charge in [-0.1, -0.05) is 6.07 Å². The Morgan fingerprint density at radius 1 is 1.42 bits per heavy atom. The summed E-state index contributed by atoms with van der Waals surface area (Å²) >= 11 is 1.68. The SMILES string of the molecule is CC(c1cccs1)N(C)c1ccc(N)c(C(=O)O)c1. The summed E-state index contributed by atoms with van der Waals surface area (Å²) in [4.78, 5) is 14.4. The number of nitrogen functional groups attached to an aromatic ring is 1. The molecule has 0 amide bonds. The van der Waals surface area contributed by atoms with Gasteiger partial charge in [0.05, 0.1) is 11.6 Å². The normalized spacial score (nSPS) is 12.1. The maximum atomic E-state index is 11.1. The van der Waals surface area contributed by atoms with E-state index in [1.165, 1.54) is 4.88 Å². The van der Waals surface area contributed by atoms with E-state index < -0.39 is 5.97 Å². The Morgan fingerprint density at radius 2 is 2.16 bits per heavy atom. The van der Waals surface area contributed by atoms with Gasteiger partial charge in [0, 0.05) is 23.3 Å². The summed E-state index contributed by atoms with van der Waals surface area (Å²) in [5.41, 5.74) is 6.93. The summed E-state index contributed by atoms with van der Waals surface area (Å²) < 4.78 is 0. The molecule has 0 aliphatic rings. The lowest BCUT2D eigenvalue weighted by Crippen LogP contribution is -2.21. The summed E-state index contributed by atoms with van der Waals surface area (Å²) in [6.45, 7) is 2.09. The predicted molar refractivity (Wildman–Crippen MR) is 79.0 cm³/mol. The molecule has 100 valence electrons. The van der Waals surface area contributed by atoms with E-state index in [9.17, 15) is 4.79 Å². The van der Waals surface area contributed by atoms with Gasteiger partial charge in [0.15, 0.2) is 0 Å². The fraction of sp³-hybridized carbons (Fsp3) is 0.214. The third-order valence-corrected chi connectivity index (χ3v) is 4.25. The van der Waals surface area contributed by atoms with Gasteiger partial charge in [-0.25, -0.2) is 4.79 Å². The Labute approximate surface area is 116 Å². The van der Waals surface area contributed by atoms with Crippen LogP contribution >= 0.6 is 11.3 Å². The number of nitrogens with two attached hydrogens (primary N) is 1. The lowest BCUT2D eigenvalue weighted by atomic mass is 10.1. The first-order chi connectivity index (χ1) is 9.00. The molecule has 0 saturated heterocycles. The lowest BCUT2D eigenvalue weighted by Gasteiger charge is -2.26. The van der Waals surface area contributed by atoms with Gasteiger partial charge >= 0.3 is 5.97 Å². The first kappa shape index (κ1) is 13.4. The number of carboxylic acid groups (broad SMARTS) is 1. The first-order valence-corrected chi connectivity index (χ1v) is 6.77. The number of aromatic carboxylic acids is 1. The minimum Gasteiger partial charge on any atom is -0.478 e. The molecule has 2 rings (SSSR count). The Balaban J connectivity index is 2.31. The molecule has 3 N–H and O–H groups in total. The topological polar surface area (TPSA) is 66.6 Å². The number of hydrogen-bond acceptors (Lipinski definition) is 4. The van der Waals surface area contributed by atoms with Crippen LogP contribution in [0.15, 0.2) is 35.7 Å². The molecular weight excluding hydrogens is 260 g/mol. The third kappa shape index (κ3) is 2.71. The van der Waals surface area contributed by atoms with Gasteiger partial charge in [0.1, 0.15) is 0 Å².